The van der Waals surface area contributed by atoms with E-state index in [1.807, 2.05) is 20.8 Å². The molecule has 0 bridgehead atoms. The van der Waals surface area contributed by atoms with Gasteiger partial charge in [0.05, 0.1) is 15.6 Å². The molecule has 0 aromatic heterocycles. The molecule has 4 nitrogen and oxygen atoms in total. The molecule has 0 aliphatic rings. The molecule has 0 aliphatic heterocycles. The topological polar surface area (TPSA) is 49.4 Å². The summed E-state index contributed by atoms with van der Waals surface area (Å²) in [6.07, 6.45) is 0. The fourth-order valence-electron chi connectivity index (χ4n) is 2.08. The number of hydrogen-bond acceptors (Lipinski definition) is 2. The number of rotatable bonds is 2. The van der Waals surface area contributed by atoms with E-state index in [-0.39, 0.29) is 10.9 Å². The number of nitrogens with one attached hydrogen (secondary N) is 1. The lowest BCUT2D eigenvalue weighted by Crippen LogP contribution is -2.55. The Morgan fingerprint density at radius 3 is 2.16 bits per heavy atom. The minimum absolute atomic E-state index is 0.262. The maximum atomic E-state index is 12.8. The predicted octanol–water partition coefficient (Wildman–Crippen LogP) is 5.23. The lowest BCUT2D eigenvalue weighted by Gasteiger charge is -2.35. The standard InChI is InChI=1S/C18H17Cl3N2O2/c1-18(2,3)23(17(25)12-5-4-6-13(19)9-12)22-16(24)11-7-8-14(20)15(21)10-11/h4-10H,1-3H3,(H,22,24). The third-order valence-corrected chi connectivity index (χ3v) is 4.31. The van der Waals surface area contributed by atoms with Crippen molar-refractivity contribution in [2.75, 3.05) is 0 Å². The molecule has 2 amide bonds. The first-order valence-electron chi connectivity index (χ1n) is 7.46. The molecule has 1 N–H and O–H groups in total. The summed E-state index contributed by atoms with van der Waals surface area (Å²) in [7, 11) is 0. The first kappa shape index (κ1) is 19.6. The zero-order valence-corrected chi connectivity index (χ0v) is 16.2. The van der Waals surface area contributed by atoms with Crippen molar-refractivity contribution in [2.45, 2.75) is 26.3 Å². The monoisotopic (exact) mass is 398 g/mol. The Hall–Kier alpha value is -1.75. The number of carbonyl (C=O) groups is 2. The number of amides is 2. The van der Waals surface area contributed by atoms with Gasteiger partial charge in [-0.05, 0) is 57.2 Å². The van der Waals surface area contributed by atoms with Crippen LogP contribution in [0.2, 0.25) is 15.1 Å². The van der Waals surface area contributed by atoms with Gasteiger partial charge in [0.15, 0.2) is 0 Å². The van der Waals surface area contributed by atoms with Gasteiger partial charge in [-0.15, -0.1) is 0 Å². The van der Waals surface area contributed by atoms with Crippen LogP contribution in [0.1, 0.15) is 41.5 Å². The van der Waals surface area contributed by atoms with E-state index in [1.165, 1.54) is 23.2 Å². The molecule has 25 heavy (non-hydrogen) atoms. The van der Waals surface area contributed by atoms with Crippen LogP contribution in [0.15, 0.2) is 42.5 Å². The number of hydrazine groups is 1. The number of halogens is 3. The van der Waals surface area contributed by atoms with Crippen LogP contribution < -0.4 is 5.43 Å². The summed E-state index contributed by atoms with van der Waals surface area (Å²) in [5.74, 6) is -0.840. The number of hydrogen-bond donors (Lipinski definition) is 1. The highest BCUT2D eigenvalue weighted by molar-refractivity contribution is 6.42. The van der Waals surface area contributed by atoms with E-state index in [0.717, 1.165) is 0 Å². The largest absolute Gasteiger partial charge is 0.272 e. The molecule has 0 heterocycles. The van der Waals surface area contributed by atoms with Crippen LogP contribution in [-0.4, -0.2) is 22.4 Å². The van der Waals surface area contributed by atoms with Crippen molar-refractivity contribution in [3.8, 4) is 0 Å². The SMILES string of the molecule is CC(C)(C)N(NC(=O)c1ccc(Cl)c(Cl)c1)C(=O)c1cccc(Cl)c1. The minimum Gasteiger partial charge on any atom is -0.267 e. The highest BCUT2D eigenvalue weighted by atomic mass is 35.5. The van der Waals surface area contributed by atoms with E-state index >= 15 is 0 Å². The Bertz CT molecular complexity index is 816. The Kier molecular flexibility index (Phi) is 5.99. The van der Waals surface area contributed by atoms with Crippen LogP contribution in [0.4, 0.5) is 0 Å². The van der Waals surface area contributed by atoms with Crippen molar-refractivity contribution in [3.05, 3.63) is 68.7 Å². The zero-order chi connectivity index (χ0) is 18.8. The van der Waals surface area contributed by atoms with E-state index in [9.17, 15) is 9.59 Å². The summed E-state index contributed by atoms with van der Waals surface area (Å²) in [5, 5.41) is 2.32. The molecule has 2 aromatic rings. The number of carbonyl (C=O) groups excluding carboxylic acids is 2. The molecule has 132 valence electrons. The number of benzene rings is 2. The summed E-state index contributed by atoms with van der Waals surface area (Å²) >= 11 is 17.8. The van der Waals surface area contributed by atoms with E-state index in [0.29, 0.717) is 21.2 Å². The molecule has 0 spiro atoms. The van der Waals surface area contributed by atoms with Crippen molar-refractivity contribution >= 4 is 46.6 Å². The highest BCUT2D eigenvalue weighted by Gasteiger charge is 2.29. The fraction of sp³-hybridized carbons (Fsp3) is 0.222. The van der Waals surface area contributed by atoms with Crippen LogP contribution >= 0.6 is 34.8 Å². The second kappa shape index (κ2) is 7.65. The lowest BCUT2D eigenvalue weighted by molar-refractivity contribution is 0.0358. The van der Waals surface area contributed by atoms with Crippen molar-refractivity contribution in [2.24, 2.45) is 0 Å². The van der Waals surface area contributed by atoms with Crippen LogP contribution in [0.25, 0.3) is 0 Å². The fourth-order valence-corrected chi connectivity index (χ4v) is 2.57. The zero-order valence-electron chi connectivity index (χ0n) is 13.9. The molecule has 2 aromatic carbocycles. The van der Waals surface area contributed by atoms with Gasteiger partial charge in [0.2, 0.25) is 0 Å². The third kappa shape index (κ3) is 4.88. The summed E-state index contributed by atoms with van der Waals surface area (Å²) in [4.78, 5) is 25.4. The Morgan fingerprint density at radius 2 is 1.60 bits per heavy atom. The lowest BCUT2D eigenvalue weighted by atomic mass is 10.1. The molecule has 0 saturated carbocycles. The Morgan fingerprint density at radius 1 is 0.920 bits per heavy atom. The molecule has 0 unspecified atom stereocenters. The van der Waals surface area contributed by atoms with Gasteiger partial charge in [0.1, 0.15) is 0 Å². The third-order valence-electron chi connectivity index (χ3n) is 3.34. The van der Waals surface area contributed by atoms with Crippen LogP contribution in [0, 0.1) is 0 Å². The van der Waals surface area contributed by atoms with Crippen LogP contribution in [-0.2, 0) is 0 Å². The maximum Gasteiger partial charge on any atom is 0.272 e. The summed E-state index contributed by atoms with van der Waals surface area (Å²) in [5.41, 5.74) is 2.64. The Balaban J connectivity index is 2.30. The summed E-state index contributed by atoms with van der Waals surface area (Å²) < 4.78 is 0. The highest BCUT2D eigenvalue weighted by Crippen LogP contribution is 2.23. The van der Waals surface area contributed by atoms with Crippen molar-refractivity contribution < 1.29 is 9.59 Å². The molecule has 0 atom stereocenters. The maximum absolute atomic E-state index is 12.8. The van der Waals surface area contributed by atoms with E-state index in [2.05, 4.69) is 5.43 Å². The summed E-state index contributed by atoms with van der Waals surface area (Å²) in [6.45, 7) is 5.43. The van der Waals surface area contributed by atoms with Gasteiger partial charge in [0, 0.05) is 16.1 Å². The van der Waals surface area contributed by atoms with E-state index in [1.54, 1.807) is 24.3 Å². The van der Waals surface area contributed by atoms with Gasteiger partial charge in [0.25, 0.3) is 11.8 Å². The molecule has 0 aliphatic carbocycles. The molecule has 0 radical (unpaired) electrons. The van der Waals surface area contributed by atoms with Crippen LogP contribution in [0.3, 0.4) is 0 Å². The van der Waals surface area contributed by atoms with Crippen molar-refractivity contribution in [1.82, 2.24) is 10.4 Å². The van der Waals surface area contributed by atoms with E-state index < -0.39 is 11.4 Å². The van der Waals surface area contributed by atoms with Crippen molar-refractivity contribution in [3.63, 3.8) is 0 Å². The predicted molar refractivity (Wildman–Crippen MR) is 101 cm³/mol. The average Bonchev–Trinajstić information content (AvgIpc) is 2.53. The van der Waals surface area contributed by atoms with Gasteiger partial charge in [-0.1, -0.05) is 40.9 Å². The van der Waals surface area contributed by atoms with Gasteiger partial charge in [-0.2, -0.15) is 0 Å². The average molecular weight is 400 g/mol. The second-order valence-corrected chi connectivity index (χ2v) is 7.64. The van der Waals surface area contributed by atoms with Crippen molar-refractivity contribution in [1.29, 1.82) is 0 Å². The van der Waals surface area contributed by atoms with Gasteiger partial charge in [-0.3, -0.25) is 15.0 Å². The minimum atomic E-state index is -0.661. The Labute approximate surface area is 161 Å². The molecular weight excluding hydrogens is 383 g/mol. The van der Waals surface area contributed by atoms with Gasteiger partial charge in [-0.25, -0.2) is 5.01 Å². The molecule has 2 rings (SSSR count). The number of nitrogens with zero attached hydrogens (tertiary/aromatic N) is 1. The molecule has 7 heteroatoms. The van der Waals surface area contributed by atoms with E-state index in [4.69, 9.17) is 34.8 Å². The molecular formula is C18H17Cl3N2O2. The normalized spacial score (nSPS) is 11.1. The van der Waals surface area contributed by atoms with Crippen LogP contribution in [0.5, 0.6) is 0 Å². The quantitative estimate of drug-likeness (QED) is 0.703. The first-order chi connectivity index (χ1) is 11.6. The smallest absolute Gasteiger partial charge is 0.267 e. The second-order valence-electron chi connectivity index (χ2n) is 6.39. The van der Waals surface area contributed by atoms with Gasteiger partial charge < -0.3 is 0 Å². The first-order valence-corrected chi connectivity index (χ1v) is 8.59. The molecule has 0 fully saturated rings. The molecule has 0 saturated heterocycles. The summed E-state index contributed by atoms with van der Waals surface area (Å²) in [6, 6.07) is 11.1. The van der Waals surface area contributed by atoms with Gasteiger partial charge >= 0.3 is 0 Å².